The molecule has 2 aromatic carbocycles. The molecule has 8 nitrogen and oxygen atoms in total. The Kier molecular flexibility index (Phi) is 8.05. The van der Waals surface area contributed by atoms with Crippen molar-refractivity contribution in [2.75, 3.05) is 20.3 Å². The van der Waals surface area contributed by atoms with Gasteiger partial charge in [0.1, 0.15) is 5.75 Å². The van der Waals surface area contributed by atoms with E-state index in [1.165, 1.54) is 13.3 Å². The van der Waals surface area contributed by atoms with Crippen molar-refractivity contribution in [2.45, 2.75) is 6.92 Å². The van der Waals surface area contributed by atoms with Crippen molar-refractivity contribution in [1.29, 1.82) is 0 Å². The number of carbonyl (C=O) groups excluding carboxylic acids is 2. The number of hydrazone groups is 1. The van der Waals surface area contributed by atoms with Gasteiger partial charge in [0.25, 0.3) is 11.8 Å². The first-order chi connectivity index (χ1) is 13.5. The Hall–Kier alpha value is -2.82. The van der Waals surface area contributed by atoms with Gasteiger partial charge in [0.15, 0.2) is 11.5 Å². The third kappa shape index (κ3) is 5.84. The molecule has 0 aliphatic carbocycles. The fraction of sp³-hybridized carbons (Fsp3) is 0.211. The molecule has 0 bridgehead atoms. The highest BCUT2D eigenvalue weighted by molar-refractivity contribution is 14.1. The van der Waals surface area contributed by atoms with Crippen LogP contribution in [0.4, 0.5) is 0 Å². The van der Waals surface area contributed by atoms with Gasteiger partial charge in [-0.05, 0) is 59.3 Å². The smallest absolute Gasteiger partial charge is 0.259 e. The quantitative estimate of drug-likeness (QED) is 0.295. The molecule has 0 unspecified atom stereocenters. The van der Waals surface area contributed by atoms with Gasteiger partial charge in [-0.15, -0.1) is 0 Å². The standard InChI is InChI=1S/C19H20IN3O5/c1-3-28-16-9-12(8-14(20)18(16)25)10-22-23-17(24)11-21-19(26)13-6-4-5-7-15(13)27-2/h4-10,25H,3,11H2,1-2H3,(H,21,26)(H,23,24). The number of amides is 2. The summed E-state index contributed by atoms with van der Waals surface area (Å²) in [5, 5.41) is 16.3. The third-order valence-corrected chi connectivity index (χ3v) is 4.34. The van der Waals surface area contributed by atoms with Crippen LogP contribution in [0.1, 0.15) is 22.8 Å². The molecule has 0 saturated heterocycles. The van der Waals surface area contributed by atoms with E-state index in [-0.39, 0.29) is 12.3 Å². The highest BCUT2D eigenvalue weighted by Crippen LogP contribution is 2.32. The number of rotatable bonds is 8. The maximum Gasteiger partial charge on any atom is 0.259 e. The van der Waals surface area contributed by atoms with E-state index in [4.69, 9.17) is 9.47 Å². The number of para-hydroxylation sites is 1. The minimum Gasteiger partial charge on any atom is -0.504 e. The number of halogens is 1. The zero-order valence-electron chi connectivity index (χ0n) is 15.4. The highest BCUT2D eigenvalue weighted by Gasteiger charge is 2.12. The second kappa shape index (κ2) is 10.5. The molecular formula is C19H20IN3O5. The van der Waals surface area contributed by atoms with Crippen LogP contribution in [0, 0.1) is 3.57 Å². The third-order valence-electron chi connectivity index (χ3n) is 3.51. The van der Waals surface area contributed by atoms with Crippen LogP contribution < -0.4 is 20.2 Å². The molecule has 0 fully saturated rings. The lowest BCUT2D eigenvalue weighted by molar-refractivity contribution is -0.120. The molecule has 0 radical (unpaired) electrons. The average molecular weight is 497 g/mol. The second-order valence-corrected chi connectivity index (χ2v) is 6.62. The summed E-state index contributed by atoms with van der Waals surface area (Å²) in [4.78, 5) is 24.0. The van der Waals surface area contributed by atoms with Gasteiger partial charge < -0.3 is 19.9 Å². The van der Waals surface area contributed by atoms with Crippen LogP contribution in [0.2, 0.25) is 0 Å². The Morgan fingerprint density at radius 1 is 1.25 bits per heavy atom. The predicted octanol–water partition coefficient (Wildman–Crippen LogP) is 2.28. The summed E-state index contributed by atoms with van der Waals surface area (Å²) in [5.74, 6) is -0.0940. The van der Waals surface area contributed by atoms with Crippen molar-refractivity contribution < 1.29 is 24.2 Å². The Morgan fingerprint density at radius 3 is 2.71 bits per heavy atom. The Bertz CT molecular complexity index is 886. The molecule has 9 heteroatoms. The largest absolute Gasteiger partial charge is 0.504 e. The van der Waals surface area contributed by atoms with Gasteiger partial charge in [-0.3, -0.25) is 9.59 Å². The first kappa shape index (κ1) is 21.5. The van der Waals surface area contributed by atoms with Crippen LogP contribution in [0.15, 0.2) is 41.5 Å². The molecule has 0 heterocycles. The maximum atomic E-state index is 12.1. The number of nitrogens with zero attached hydrogens (tertiary/aromatic N) is 1. The lowest BCUT2D eigenvalue weighted by atomic mass is 10.2. The van der Waals surface area contributed by atoms with Crippen molar-refractivity contribution in [3.63, 3.8) is 0 Å². The number of methoxy groups -OCH3 is 1. The number of carbonyl (C=O) groups is 2. The Labute approximate surface area is 176 Å². The van der Waals surface area contributed by atoms with Crippen molar-refractivity contribution in [3.8, 4) is 17.2 Å². The van der Waals surface area contributed by atoms with Gasteiger partial charge in [-0.25, -0.2) is 5.43 Å². The van der Waals surface area contributed by atoms with E-state index >= 15 is 0 Å². The molecule has 0 atom stereocenters. The fourth-order valence-corrected chi connectivity index (χ4v) is 2.87. The SMILES string of the molecule is CCOc1cc(C=NNC(=O)CNC(=O)c2ccccc2OC)cc(I)c1O. The van der Waals surface area contributed by atoms with Crippen LogP contribution in [-0.2, 0) is 4.79 Å². The molecule has 0 aromatic heterocycles. The fourth-order valence-electron chi connectivity index (χ4n) is 2.24. The van der Waals surface area contributed by atoms with E-state index in [1.54, 1.807) is 36.4 Å². The minimum atomic E-state index is -0.488. The summed E-state index contributed by atoms with van der Waals surface area (Å²) in [7, 11) is 1.47. The first-order valence-corrected chi connectivity index (χ1v) is 9.42. The number of hydrogen-bond donors (Lipinski definition) is 3. The summed E-state index contributed by atoms with van der Waals surface area (Å²) in [6, 6.07) is 10.0. The Balaban J connectivity index is 1.91. The topological polar surface area (TPSA) is 109 Å². The molecule has 2 amide bonds. The number of phenolic OH excluding ortho intramolecular Hbond substituents is 1. The van der Waals surface area contributed by atoms with E-state index in [2.05, 4.69) is 15.8 Å². The number of ether oxygens (including phenoxy) is 2. The van der Waals surface area contributed by atoms with E-state index in [0.29, 0.717) is 32.8 Å². The van der Waals surface area contributed by atoms with Crippen LogP contribution in [-0.4, -0.2) is 43.4 Å². The lowest BCUT2D eigenvalue weighted by Gasteiger charge is -2.09. The second-order valence-electron chi connectivity index (χ2n) is 5.46. The van der Waals surface area contributed by atoms with E-state index in [1.807, 2.05) is 29.5 Å². The molecule has 0 aliphatic rings. The summed E-state index contributed by atoms with van der Waals surface area (Å²) in [5.41, 5.74) is 3.31. The summed E-state index contributed by atoms with van der Waals surface area (Å²) in [6.45, 7) is 1.98. The molecule has 0 aliphatic heterocycles. The van der Waals surface area contributed by atoms with E-state index in [9.17, 15) is 14.7 Å². The highest BCUT2D eigenvalue weighted by atomic mass is 127. The van der Waals surface area contributed by atoms with Crippen LogP contribution in [0.5, 0.6) is 17.2 Å². The molecule has 0 spiro atoms. The summed E-state index contributed by atoms with van der Waals surface area (Å²) in [6.07, 6.45) is 1.42. The number of benzene rings is 2. The molecule has 2 rings (SSSR count). The van der Waals surface area contributed by atoms with Gasteiger partial charge in [-0.2, -0.15) is 5.10 Å². The normalized spacial score (nSPS) is 10.5. The molecule has 148 valence electrons. The van der Waals surface area contributed by atoms with Crippen LogP contribution in [0.25, 0.3) is 0 Å². The number of phenols is 1. The van der Waals surface area contributed by atoms with E-state index in [0.717, 1.165) is 0 Å². The Morgan fingerprint density at radius 2 is 2.00 bits per heavy atom. The molecule has 0 saturated carbocycles. The van der Waals surface area contributed by atoms with Gasteiger partial charge in [0.2, 0.25) is 0 Å². The van der Waals surface area contributed by atoms with Crippen molar-refractivity contribution in [1.82, 2.24) is 10.7 Å². The van der Waals surface area contributed by atoms with Crippen molar-refractivity contribution in [3.05, 3.63) is 51.1 Å². The number of nitrogens with one attached hydrogen (secondary N) is 2. The van der Waals surface area contributed by atoms with Crippen molar-refractivity contribution in [2.24, 2.45) is 5.10 Å². The summed E-state index contributed by atoms with van der Waals surface area (Å²) >= 11 is 1.98. The molecule has 28 heavy (non-hydrogen) atoms. The maximum absolute atomic E-state index is 12.1. The molecule has 3 N–H and O–H groups in total. The molecular weight excluding hydrogens is 477 g/mol. The zero-order chi connectivity index (χ0) is 20.5. The van der Waals surface area contributed by atoms with E-state index < -0.39 is 11.8 Å². The van der Waals surface area contributed by atoms with Gasteiger partial charge in [-0.1, -0.05) is 12.1 Å². The minimum absolute atomic E-state index is 0.0580. The number of aromatic hydroxyl groups is 1. The predicted molar refractivity (Wildman–Crippen MR) is 113 cm³/mol. The zero-order valence-corrected chi connectivity index (χ0v) is 17.5. The van der Waals surface area contributed by atoms with Crippen molar-refractivity contribution >= 4 is 40.6 Å². The van der Waals surface area contributed by atoms with Gasteiger partial charge in [0, 0.05) is 0 Å². The monoisotopic (exact) mass is 497 g/mol. The van der Waals surface area contributed by atoms with Crippen LogP contribution >= 0.6 is 22.6 Å². The average Bonchev–Trinajstić information content (AvgIpc) is 2.70. The van der Waals surface area contributed by atoms with Crippen LogP contribution in [0.3, 0.4) is 0 Å². The number of hydrogen-bond acceptors (Lipinski definition) is 6. The lowest BCUT2D eigenvalue weighted by Crippen LogP contribution is -2.35. The first-order valence-electron chi connectivity index (χ1n) is 8.34. The van der Waals surface area contributed by atoms with Gasteiger partial charge in [0.05, 0.1) is 35.6 Å². The van der Waals surface area contributed by atoms with Gasteiger partial charge >= 0.3 is 0 Å². The molecule has 2 aromatic rings. The summed E-state index contributed by atoms with van der Waals surface area (Å²) < 4.78 is 11.1.